The third kappa shape index (κ3) is 4.82. The Labute approximate surface area is 128 Å². The number of aromatic nitrogens is 2. The predicted octanol–water partition coefficient (Wildman–Crippen LogP) is 1.13. The zero-order chi connectivity index (χ0) is 15.6. The highest BCUT2D eigenvalue weighted by Crippen LogP contribution is 1.91. The van der Waals surface area contributed by atoms with Crippen LogP contribution in [0.25, 0.3) is 0 Å². The normalized spacial score (nSPS) is 11.8. The molecule has 0 aromatic carbocycles. The minimum absolute atomic E-state index is 0.739. The summed E-state index contributed by atoms with van der Waals surface area (Å²) in [4.78, 5) is 0. The highest BCUT2D eigenvalue weighted by molar-refractivity contribution is 5.78. The second kappa shape index (κ2) is 8.31. The minimum Gasteiger partial charge on any atom is -0.411 e. The summed E-state index contributed by atoms with van der Waals surface area (Å²) < 4.78 is 4.02. The Hall–Kier alpha value is -3.02. The van der Waals surface area contributed by atoms with E-state index in [0.29, 0.717) is 0 Å². The molecule has 0 atom stereocenters. The third-order valence-electron chi connectivity index (χ3n) is 3.01. The molecule has 2 N–H and O–H groups in total. The molecule has 0 aliphatic carbocycles. The molecule has 0 amide bonds. The molecule has 0 aliphatic heterocycles. The fourth-order valence-electron chi connectivity index (χ4n) is 1.93. The lowest BCUT2D eigenvalue weighted by atomic mass is 10.3. The first-order chi connectivity index (χ1) is 10.8. The molecular formula is C16H18N4O2+2. The van der Waals surface area contributed by atoms with Gasteiger partial charge in [0, 0.05) is 23.8 Å². The summed E-state index contributed by atoms with van der Waals surface area (Å²) in [5.74, 6) is 0. The van der Waals surface area contributed by atoms with Gasteiger partial charge in [0.15, 0.2) is 37.9 Å². The molecule has 6 nitrogen and oxygen atoms in total. The van der Waals surface area contributed by atoms with Crippen LogP contribution in [0, 0.1) is 0 Å². The van der Waals surface area contributed by atoms with Crippen molar-refractivity contribution in [2.45, 2.75) is 13.1 Å². The Bertz CT molecular complexity index is 679. The molecule has 112 valence electrons. The molecule has 0 fully saturated rings. The van der Waals surface area contributed by atoms with Gasteiger partial charge in [-0.2, -0.15) is 0 Å². The van der Waals surface area contributed by atoms with Gasteiger partial charge in [-0.3, -0.25) is 0 Å². The van der Waals surface area contributed by atoms with Crippen molar-refractivity contribution in [3.63, 3.8) is 0 Å². The molecule has 0 radical (unpaired) electrons. The summed E-state index contributed by atoms with van der Waals surface area (Å²) in [6.07, 6.45) is 14.6. The van der Waals surface area contributed by atoms with Crippen molar-refractivity contribution in [3.8, 4) is 0 Å². The Morgan fingerprint density at radius 3 is 2.14 bits per heavy atom. The van der Waals surface area contributed by atoms with Crippen molar-refractivity contribution in [1.82, 2.24) is 0 Å². The van der Waals surface area contributed by atoms with Gasteiger partial charge >= 0.3 is 0 Å². The molecule has 0 unspecified atom stereocenters. The van der Waals surface area contributed by atoms with E-state index in [0.717, 1.165) is 24.2 Å². The van der Waals surface area contributed by atoms with Gasteiger partial charge in [-0.15, -0.1) is 0 Å². The largest absolute Gasteiger partial charge is 0.411 e. The Kier molecular flexibility index (Phi) is 5.80. The maximum atomic E-state index is 8.53. The lowest BCUT2D eigenvalue weighted by Crippen LogP contribution is -2.33. The van der Waals surface area contributed by atoms with E-state index in [2.05, 4.69) is 22.5 Å². The van der Waals surface area contributed by atoms with Gasteiger partial charge in [-0.1, -0.05) is 10.3 Å². The van der Waals surface area contributed by atoms with Gasteiger partial charge in [-0.25, -0.2) is 9.13 Å². The van der Waals surface area contributed by atoms with Gasteiger partial charge in [0.1, 0.15) is 0 Å². The fourth-order valence-corrected chi connectivity index (χ4v) is 1.93. The van der Waals surface area contributed by atoms with Gasteiger partial charge in [0.05, 0.1) is 18.0 Å². The van der Waals surface area contributed by atoms with Crippen molar-refractivity contribution in [3.05, 3.63) is 72.3 Å². The molecule has 2 heterocycles. The summed E-state index contributed by atoms with van der Waals surface area (Å²) in [5.41, 5.74) is 1.69. The van der Waals surface area contributed by atoms with Crippen LogP contribution in [0.1, 0.15) is 11.1 Å². The summed E-state index contributed by atoms with van der Waals surface area (Å²) in [6.45, 7) is 1.50. The molecule has 0 saturated carbocycles. The maximum Gasteiger partial charge on any atom is 0.178 e. The Morgan fingerprint density at radius 1 is 0.818 bits per heavy atom. The minimum atomic E-state index is 0.739. The standard InChI is InChI=1S/C16H16N4O2/c21-17-12-15-5-10-19(11-6-15)7-1-2-8-20-9-3-4-16(14-20)13-18-22/h1-6,9-14H,7-8H2/p+2/b2-1+,18-13+. The van der Waals surface area contributed by atoms with Crippen molar-refractivity contribution in [2.24, 2.45) is 10.3 Å². The molecular weight excluding hydrogens is 280 g/mol. The van der Waals surface area contributed by atoms with Gasteiger partial charge in [0.25, 0.3) is 0 Å². The van der Waals surface area contributed by atoms with E-state index in [1.807, 2.05) is 58.2 Å². The van der Waals surface area contributed by atoms with Crippen LogP contribution in [0.2, 0.25) is 0 Å². The average molecular weight is 298 g/mol. The summed E-state index contributed by atoms with van der Waals surface area (Å²) in [5, 5.41) is 23.0. The lowest BCUT2D eigenvalue weighted by Gasteiger charge is -1.94. The Balaban J connectivity index is 1.88. The predicted molar refractivity (Wildman–Crippen MR) is 81.2 cm³/mol. The molecule has 0 bridgehead atoms. The highest BCUT2D eigenvalue weighted by Gasteiger charge is 2.00. The van der Waals surface area contributed by atoms with E-state index in [1.54, 1.807) is 0 Å². The van der Waals surface area contributed by atoms with E-state index >= 15 is 0 Å². The molecule has 0 aliphatic rings. The monoisotopic (exact) mass is 298 g/mol. The topological polar surface area (TPSA) is 72.9 Å². The number of oxime groups is 2. The van der Waals surface area contributed by atoms with Crippen LogP contribution in [0.3, 0.4) is 0 Å². The van der Waals surface area contributed by atoms with E-state index < -0.39 is 0 Å². The number of allylic oxidation sites excluding steroid dienone is 2. The van der Waals surface area contributed by atoms with Crippen LogP contribution in [0.15, 0.2) is 71.5 Å². The van der Waals surface area contributed by atoms with Crippen molar-refractivity contribution >= 4 is 12.4 Å². The molecule has 0 saturated heterocycles. The second-order valence-electron chi connectivity index (χ2n) is 4.62. The zero-order valence-corrected chi connectivity index (χ0v) is 12.0. The number of hydrogen-bond donors (Lipinski definition) is 2. The van der Waals surface area contributed by atoms with E-state index in [-0.39, 0.29) is 0 Å². The van der Waals surface area contributed by atoms with Crippen molar-refractivity contribution in [2.75, 3.05) is 0 Å². The van der Waals surface area contributed by atoms with Crippen molar-refractivity contribution < 1.29 is 19.5 Å². The fraction of sp³-hybridized carbons (Fsp3) is 0.125. The van der Waals surface area contributed by atoms with Gasteiger partial charge in [-0.05, 0) is 18.2 Å². The Morgan fingerprint density at radius 2 is 1.45 bits per heavy atom. The van der Waals surface area contributed by atoms with Crippen LogP contribution in [0.5, 0.6) is 0 Å². The van der Waals surface area contributed by atoms with Crippen LogP contribution >= 0.6 is 0 Å². The molecule has 2 aromatic heterocycles. The SMILES string of the molecule is O/N=C/c1cc[n+](C/C=C/C[n+]2cccc(/C=N/O)c2)cc1. The van der Waals surface area contributed by atoms with Crippen LogP contribution < -0.4 is 9.13 Å². The van der Waals surface area contributed by atoms with Crippen LogP contribution in [-0.4, -0.2) is 22.8 Å². The summed E-state index contributed by atoms with van der Waals surface area (Å²) in [6, 6.07) is 7.52. The van der Waals surface area contributed by atoms with E-state index in [9.17, 15) is 0 Å². The quantitative estimate of drug-likeness (QED) is 0.276. The van der Waals surface area contributed by atoms with Gasteiger partial charge in [0.2, 0.25) is 0 Å². The lowest BCUT2D eigenvalue weighted by molar-refractivity contribution is -0.691. The molecule has 6 heteroatoms. The molecule has 0 spiro atoms. The second-order valence-corrected chi connectivity index (χ2v) is 4.62. The van der Waals surface area contributed by atoms with Gasteiger partial charge < -0.3 is 10.4 Å². The number of pyridine rings is 2. The summed E-state index contributed by atoms with van der Waals surface area (Å²) >= 11 is 0. The molecule has 2 rings (SSSR count). The van der Waals surface area contributed by atoms with E-state index in [1.165, 1.54) is 12.4 Å². The van der Waals surface area contributed by atoms with Crippen molar-refractivity contribution in [1.29, 1.82) is 0 Å². The van der Waals surface area contributed by atoms with Crippen LogP contribution in [-0.2, 0) is 13.1 Å². The zero-order valence-electron chi connectivity index (χ0n) is 12.0. The first-order valence-corrected chi connectivity index (χ1v) is 6.80. The first-order valence-electron chi connectivity index (χ1n) is 6.80. The molecule has 22 heavy (non-hydrogen) atoms. The first kappa shape index (κ1) is 15.4. The van der Waals surface area contributed by atoms with E-state index in [4.69, 9.17) is 10.4 Å². The van der Waals surface area contributed by atoms with Crippen LogP contribution in [0.4, 0.5) is 0 Å². The number of nitrogens with zero attached hydrogens (tertiary/aromatic N) is 4. The number of rotatable bonds is 6. The average Bonchev–Trinajstić information content (AvgIpc) is 2.54. The third-order valence-corrected chi connectivity index (χ3v) is 3.01. The smallest absolute Gasteiger partial charge is 0.178 e. The maximum absolute atomic E-state index is 8.53. The highest BCUT2D eigenvalue weighted by atomic mass is 16.4. The number of hydrogen-bond acceptors (Lipinski definition) is 4. The summed E-state index contributed by atoms with van der Waals surface area (Å²) in [7, 11) is 0. The molecule has 2 aromatic rings.